The van der Waals surface area contributed by atoms with Crippen LogP contribution in [-0.2, 0) is 14.3 Å². The monoisotopic (exact) mass is 213 g/mol. The predicted octanol–water partition coefficient (Wildman–Crippen LogP) is 0.849. The average molecular weight is 213 g/mol. The quantitative estimate of drug-likeness (QED) is 0.756. The Kier molecular flexibility index (Phi) is 3.59. The Bertz CT molecular complexity index is 220. The van der Waals surface area contributed by atoms with Crippen LogP contribution < -0.4 is 5.32 Å². The summed E-state index contributed by atoms with van der Waals surface area (Å²) in [7, 11) is 0. The molecule has 2 rings (SSSR count). The molecule has 2 fully saturated rings. The first-order valence-corrected chi connectivity index (χ1v) is 5.81. The molecule has 2 aliphatic rings. The standard InChI is InChI=1S/C11H19NO3/c1-8(9-4-2-6-14-9)12-11(13)10-5-3-7-15-10/h8-10H,2-7H2,1H3,(H,12,13)/t8-,9+,10-/m0/s1. The third kappa shape index (κ3) is 2.69. The van der Waals surface area contributed by atoms with E-state index in [1.54, 1.807) is 0 Å². The summed E-state index contributed by atoms with van der Waals surface area (Å²) in [6.07, 6.45) is 3.96. The van der Waals surface area contributed by atoms with E-state index >= 15 is 0 Å². The van der Waals surface area contributed by atoms with Gasteiger partial charge in [-0.3, -0.25) is 4.79 Å². The molecule has 0 radical (unpaired) electrons. The molecule has 4 nitrogen and oxygen atoms in total. The Hall–Kier alpha value is -0.610. The zero-order valence-corrected chi connectivity index (χ0v) is 9.20. The van der Waals surface area contributed by atoms with E-state index in [1.165, 1.54) is 0 Å². The van der Waals surface area contributed by atoms with Crippen molar-refractivity contribution in [3.05, 3.63) is 0 Å². The second kappa shape index (κ2) is 4.94. The van der Waals surface area contributed by atoms with Crippen LogP contribution in [0.3, 0.4) is 0 Å². The summed E-state index contributed by atoms with van der Waals surface area (Å²) < 4.78 is 10.8. The molecule has 0 unspecified atom stereocenters. The van der Waals surface area contributed by atoms with Crippen molar-refractivity contribution in [2.75, 3.05) is 13.2 Å². The van der Waals surface area contributed by atoms with Gasteiger partial charge in [0.15, 0.2) is 0 Å². The number of nitrogens with one attached hydrogen (secondary N) is 1. The normalized spacial score (nSPS) is 32.9. The molecule has 0 bridgehead atoms. The Morgan fingerprint density at radius 1 is 1.27 bits per heavy atom. The minimum atomic E-state index is -0.228. The van der Waals surface area contributed by atoms with Gasteiger partial charge in [0.1, 0.15) is 6.10 Å². The van der Waals surface area contributed by atoms with Crippen LogP contribution in [0.1, 0.15) is 32.6 Å². The molecule has 0 spiro atoms. The molecule has 15 heavy (non-hydrogen) atoms. The number of hydrogen-bond donors (Lipinski definition) is 1. The van der Waals surface area contributed by atoms with Crippen LogP contribution in [0.2, 0.25) is 0 Å². The first-order chi connectivity index (χ1) is 7.27. The van der Waals surface area contributed by atoms with Crippen molar-refractivity contribution in [3.63, 3.8) is 0 Å². The fourth-order valence-corrected chi connectivity index (χ4v) is 2.19. The topological polar surface area (TPSA) is 47.6 Å². The van der Waals surface area contributed by atoms with Gasteiger partial charge in [-0.2, -0.15) is 0 Å². The third-order valence-electron chi connectivity index (χ3n) is 3.11. The summed E-state index contributed by atoms with van der Waals surface area (Å²) in [5, 5.41) is 2.97. The molecule has 2 heterocycles. The van der Waals surface area contributed by atoms with Crippen LogP contribution in [0.15, 0.2) is 0 Å². The van der Waals surface area contributed by atoms with Gasteiger partial charge in [0.05, 0.1) is 12.1 Å². The lowest BCUT2D eigenvalue weighted by atomic mass is 10.1. The molecule has 0 aromatic rings. The highest BCUT2D eigenvalue weighted by molar-refractivity contribution is 5.81. The number of amides is 1. The zero-order valence-electron chi connectivity index (χ0n) is 9.20. The number of rotatable bonds is 3. The van der Waals surface area contributed by atoms with E-state index < -0.39 is 0 Å². The van der Waals surface area contributed by atoms with E-state index in [1.807, 2.05) is 6.92 Å². The van der Waals surface area contributed by atoms with Crippen LogP contribution in [0.5, 0.6) is 0 Å². The lowest BCUT2D eigenvalue weighted by Crippen LogP contribution is -2.45. The Morgan fingerprint density at radius 2 is 2.00 bits per heavy atom. The molecular formula is C11H19NO3. The first kappa shape index (κ1) is 10.9. The minimum Gasteiger partial charge on any atom is -0.376 e. The third-order valence-corrected chi connectivity index (χ3v) is 3.11. The highest BCUT2D eigenvalue weighted by Gasteiger charge is 2.28. The summed E-state index contributed by atoms with van der Waals surface area (Å²) in [6, 6.07) is 0.101. The van der Waals surface area contributed by atoms with Crippen molar-refractivity contribution in [2.24, 2.45) is 0 Å². The second-order valence-electron chi connectivity index (χ2n) is 4.35. The molecule has 0 aromatic carbocycles. The largest absolute Gasteiger partial charge is 0.376 e. The Labute approximate surface area is 90.3 Å². The second-order valence-corrected chi connectivity index (χ2v) is 4.35. The fourth-order valence-electron chi connectivity index (χ4n) is 2.19. The summed E-state index contributed by atoms with van der Waals surface area (Å²) in [4.78, 5) is 11.7. The van der Waals surface area contributed by atoms with E-state index in [4.69, 9.17) is 9.47 Å². The molecule has 86 valence electrons. The molecule has 1 amide bonds. The maximum absolute atomic E-state index is 11.7. The number of ether oxygens (including phenoxy) is 2. The van der Waals surface area contributed by atoms with Gasteiger partial charge in [0, 0.05) is 13.2 Å². The van der Waals surface area contributed by atoms with Crippen LogP contribution >= 0.6 is 0 Å². The summed E-state index contributed by atoms with van der Waals surface area (Å²) in [5.74, 6) is 0.0236. The van der Waals surface area contributed by atoms with E-state index in [0.717, 1.165) is 32.3 Å². The van der Waals surface area contributed by atoms with Crippen LogP contribution in [0.25, 0.3) is 0 Å². The van der Waals surface area contributed by atoms with Gasteiger partial charge in [0.2, 0.25) is 5.91 Å². The Morgan fingerprint density at radius 3 is 2.60 bits per heavy atom. The van der Waals surface area contributed by atoms with Gasteiger partial charge in [-0.1, -0.05) is 0 Å². The van der Waals surface area contributed by atoms with Crippen molar-refractivity contribution in [3.8, 4) is 0 Å². The van der Waals surface area contributed by atoms with Gasteiger partial charge in [0.25, 0.3) is 0 Å². The Balaban J connectivity index is 1.77. The van der Waals surface area contributed by atoms with Crippen LogP contribution in [0, 0.1) is 0 Å². The van der Waals surface area contributed by atoms with Gasteiger partial charge in [-0.25, -0.2) is 0 Å². The number of carbonyl (C=O) groups excluding carboxylic acids is 1. The lowest BCUT2D eigenvalue weighted by Gasteiger charge is -2.21. The minimum absolute atomic E-state index is 0.0236. The van der Waals surface area contributed by atoms with Crippen molar-refractivity contribution in [2.45, 2.75) is 50.9 Å². The molecule has 2 aliphatic heterocycles. The fraction of sp³-hybridized carbons (Fsp3) is 0.909. The molecule has 4 heteroatoms. The van der Waals surface area contributed by atoms with Gasteiger partial charge in [-0.05, 0) is 32.6 Å². The van der Waals surface area contributed by atoms with Crippen LogP contribution in [0.4, 0.5) is 0 Å². The van der Waals surface area contributed by atoms with E-state index in [2.05, 4.69) is 5.32 Å². The van der Waals surface area contributed by atoms with Gasteiger partial charge < -0.3 is 14.8 Å². The smallest absolute Gasteiger partial charge is 0.249 e. The molecule has 0 aromatic heterocycles. The van der Waals surface area contributed by atoms with Crippen molar-refractivity contribution >= 4 is 5.91 Å². The maximum atomic E-state index is 11.7. The highest BCUT2D eigenvalue weighted by Crippen LogP contribution is 2.17. The first-order valence-electron chi connectivity index (χ1n) is 5.81. The number of hydrogen-bond acceptors (Lipinski definition) is 3. The van der Waals surface area contributed by atoms with Crippen molar-refractivity contribution < 1.29 is 14.3 Å². The highest BCUT2D eigenvalue weighted by atomic mass is 16.5. The molecule has 2 saturated heterocycles. The molecule has 0 saturated carbocycles. The van der Waals surface area contributed by atoms with E-state index in [0.29, 0.717) is 6.61 Å². The lowest BCUT2D eigenvalue weighted by molar-refractivity contribution is -0.131. The summed E-state index contributed by atoms with van der Waals surface area (Å²) in [6.45, 7) is 3.54. The van der Waals surface area contributed by atoms with Crippen LogP contribution in [-0.4, -0.2) is 37.4 Å². The molecular weight excluding hydrogens is 194 g/mol. The average Bonchev–Trinajstić information content (AvgIpc) is 2.91. The zero-order chi connectivity index (χ0) is 10.7. The molecule has 1 N–H and O–H groups in total. The maximum Gasteiger partial charge on any atom is 0.249 e. The van der Waals surface area contributed by atoms with E-state index in [-0.39, 0.29) is 24.2 Å². The summed E-state index contributed by atoms with van der Waals surface area (Å²) >= 11 is 0. The van der Waals surface area contributed by atoms with Gasteiger partial charge >= 0.3 is 0 Å². The summed E-state index contributed by atoms with van der Waals surface area (Å²) in [5.41, 5.74) is 0. The van der Waals surface area contributed by atoms with E-state index in [9.17, 15) is 4.79 Å². The number of carbonyl (C=O) groups is 1. The molecule has 0 aliphatic carbocycles. The van der Waals surface area contributed by atoms with Crippen molar-refractivity contribution in [1.82, 2.24) is 5.32 Å². The SMILES string of the molecule is C[C@H](NC(=O)[C@@H]1CCCO1)[C@H]1CCCO1. The predicted molar refractivity (Wildman–Crippen MR) is 55.6 cm³/mol. The molecule has 3 atom stereocenters. The van der Waals surface area contributed by atoms with Gasteiger partial charge in [-0.15, -0.1) is 0 Å². The van der Waals surface area contributed by atoms with Crippen molar-refractivity contribution in [1.29, 1.82) is 0 Å².